The second-order valence-electron chi connectivity index (χ2n) is 6.55. The maximum Gasteiger partial charge on any atom is 0.261 e. The maximum atomic E-state index is 12.8. The minimum atomic E-state index is -0.139. The number of nitrogens with zero attached hydrogens (tertiary/aromatic N) is 1. The third-order valence-corrected chi connectivity index (χ3v) is 4.28. The Morgan fingerprint density at radius 1 is 1.07 bits per heavy atom. The fourth-order valence-corrected chi connectivity index (χ4v) is 2.74. The topological polar surface area (TPSA) is 62.9 Å². The van der Waals surface area contributed by atoms with Gasteiger partial charge < -0.3 is 19.2 Å². The zero-order valence-corrected chi connectivity index (χ0v) is 15.5. The van der Waals surface area contributed by atoms with Crippen LogP contribution < -0.4 is 4.74 Å². The summed E-state index contributed by atoms with van der Waals surface area (Å²) >= 11 is 0. The molecule has 0 unspecified atom stereocenters. The van der Waals surface area contributed by atoms with Crippen LogP contribution in [0.2, 0.25) is 0 Å². The van der Waals surface area contributed by atoms with Gasteiger partial charge in [-0.3, -0.25) is 4.79 Å². The average molecular weight is 365 g/mol. The fraction of sp³-hybridized carbons (Fsp3) is 0.227. The number of benzene rings is 2. The predicted octanol–water partition coefficient (Wildman–Crippen LogP) is 4.21. The number of ether oxygens (including phenoxy) is 1. The molecule has 0 bridgehead atoms. The van der Waals surface area contributed by atoms with Crippen molar-refractivity contribution in [1.29, 1.82) is 0 Å². The van der Waals surface area contributed by atoms with Crippen LogP contribution in [-0.2, 0) is 17.9 Å². The lowest BCUT2D eigenvalue weighted by Gasteiger charge is -2.22. The Morgan fingerprint density at radius 3 is 2.56 bits per heavy atom. The summed E-state index contributed by atoms with van der Waals surface area (Å²) in [6, 6.07) is 16.4. The summed E-state index contributed by atoms with van der Waals surface area (Å²) in [5.74, 6) is 1.47. The molecule has 0 saturated carbocycles. The van der Waals surface area contributed by atoms with Crippen LogP contribution in [0.25, 0.3) is 0 Å². The minimum absolute atomic E-state index is 0.0525. The van der Waals surface area contributed by atoms with Crippen molar-refractivity contribution in [3.05, 3.63) is 83.3 Å². The lowest BCUT2D eigenvalue weighted by molar-refractivity contribution is -0.134. The van der Waals surface area contributed by atoms with Crippen molar-refractivity contribution in [1.82, 2.24) is 4.90 Å². The SMILES string of the molecule is Cc1ccc(C)c(OCC(=O)N(Cc2ccc(O)cc2)Cc2ccco2)c1. The van der Waals surface area contributed by atoms with Crippen molar-refractivity contribution in [3.8, 4) is 11.5 Å². The molecule has 1 heterocycles. The van der Waals surface area contributed by atoms with Crippen molar-refractivity contribution in [2.24, 2.45) is 0 Å². The molecule has 3 rings (SSSR count). The molecular weight excluding hydrogens is 342 g/mol. The average Bonchev–Trinajstić information content (AvgIpc) is 3.16. The highest BCUT2D eigenvalue weighted by Crippen LogP contribution is 2.20. The quantitative estimate of drug-likeness (QED) is 0.681. The summed E-state index contributed by atoms with van der Waals surface area (Å²) in [6.45, 7) is 4.64. The number of phenolic OH excluding ortho intramolecular Hbond substituents is 1. The van der Waals surface area contributed by atoms with Crippen molar-refractivity contribution in [2.45, 2.75) is 26.9 Å². The first-order valence-corrected chi connectivity index (χ1v) is 8.79. The van der Waals surface area contributed by atoms with Crippen LogP contribution in [0.1, 0.15) is 22.5 Å². The van der Waals surface area contributed by atoms with E-state index >= 15 is 0 Å². The first-order valence-electron chi connectivity index (χ1n) is 8.79. The number of hydrogen-bond donors (Lipinski definition) is 1. The molecule has 0 aliphatic rings. The standard InChI is InChI=1S/C22H23NO4/c1-16-5-6-17(2)21(12-16)27-15-22(25)23(14-20-4-3-11-26-20)13-18-7-9-19(24)10-8-18/h3-12,24H,13-15H2,1-2H3. The summed E-state index contributed by atoms with van der Waals surface area (Å²) in [6.07, 6.45) is 1.59. The van der Waals surface area contributed by atoms with E-state index in [-0.39, 0.29) is 18.3 Å². The monoisotopic (exact) mass is 365 g/mol. The zero-order valence-electron chi connectivity index (χ0n) is 15.5. The van der Waals surface area contributed by atoms with Gasteiger partial charge in [0.2, 0.25) is 0 Å². The van der Waals surface area contributed by atoms with E-state index in [0.717, 1.165) is 16.7 Å². The highest BCUT2D eigenvalue weighted by atomic mass is 16.5. The van der Waals surface area contributed by atoms with E-state index in [4.69, 9.17) is 9.15 Å². The van der Waals surface area contributed by atoms with Crippen molar-refractivity contribution in [3.63, 3.8) is 0 Å². The second kappa shape index (κ2) is 8.45. The Bertz CT molecular complexity index is 885. The van der Waals surface area contributed by atoms with E-state index in [1.165, 1.54) is 0 Å². The minimum Gasteiger partial charge on any atom is -0.508 e. The maximum absolute atomic E-state index is 12.8. The molecule has 5 nitrogen and oxygen atoms in total. The number of carbonyl (C=O) groups excluding carboxylic acids is 1. The lowest BCUT2D eigenvalue weighted by Crippen LogP contribution is -2.34. The number of aryl methyl sites for hydroxylation is 2. The van der Waals surface area contributed by atoms with E-state index in [1.807, 2.05) is 38.1 Å². The van der Waals surface area contributed by atoms with E-state index in [9.17, 15) is 9.90 Å². The first kappa shape index (κ1) is 18.6. The number of hydrogen-bond acceptors (Lipinski definition) is 4. The van der Waals surface area contributed by atoms with Crippen LogP contribution in [0.5, 0.6) is 11.5 Å². The molecule has 1 amide bonds. The van der Waals surface area contributed by atoms with E-state index in [1.54, 1.807) is 41.5 Å². The molecule has 27 heavy (non-hydrogen) atoms. The van der Waals surface area contributed by atoms with Gasteiger partial charge in [-0.25, -0.2) is 0 Å². The number of rotatable bonds is 7. The molecule has 0 aliphatic carbocycles. The Balaban J connectivity index is 1.71. The summed E-state index contributed by atoms with van der Waals surface area (Å²) in [4.78, 5) is 14.5. The number of amides is 1. The van der Waals surface area contributed by atoms with Gasteiger partial charge in [0.25, 0.3) is 5.91 Å². The summed E-state index contributed by atoms with van der Waals surface area (Å²) in [7, 11) is 0. The molecule has 0 fully saturated rings. The first-order chi connectivity index (χ1) is 13.0. The number of phenols is 1. The molecule has 0 saturated heterocycles. The Labute approximate surface area is 158 Å². The summed E-state index contributed by atoms with van der Waals surface area (Å²) < 4.78 is 11.2. The van der Waals surface area contributed by atoms with Crippen LogP contribution in [0.4, 0.5) is 0 Å². The van der Waals surface area contributed by atoms with Gasteiger partial charge in [0.05, 0.1) is 12.8 Å². The van der Waals surface area contributed by atoms with Gasteiger partial charge in [-0.1, -0.05) is 24.3 Å². The predicted molar refractivity (Wildman–Crippen MR) is 102 cm³/mol. The molecule has 3 aromatic rings. The van der Waals surface area contributed by atoms with Crippen molar-refractivity contribution < 1.29 is 19.1 Å². The Morgan fingerprint density at radius 2 is 1.85 bits per heavy atom. The molecule has 5 heteroatoms. The molecule has 0 aliphatic heterocycles. The van der Waals surface area contributed by atoms with Crippen LogP contribution in [0.3, 0.4) is 0 Å². The van der Waals surface area contributed by atoms with E-state index < -0.39 is 0 Å². The second-order valence-corrected chi connectivity index (χ2v) is 6.55. The molecular formula is C22H23NO4. The van der Waals surface area contributed by atoms with E-state index in [0.29, 0.717) is 24.6 Å². The molecule has 2 aromatic carbocycles. The molecule has 0 spiro atoms. The Kier molecular flexibility index (Phi) is 5.81. The lowest BCUT2D eigenvalue weighted by atomic mass is 10.1. The van der Waals surface area contributed by atoms with Crippen molar-refractivity contribution in [2.75, 3.05) is 6.61 Å². The normalized spacial score (nSPS) is 10.6. The molecule has 140 valence electrons. The molecule has 0 radical (unpaired) electrons. The van der Waals surface area contributed by atoms with Crippen LogP contribution in [0.15, 0.2) is 65.3 Å². The molecule has 1 aromatic heterocycles. The highest BCUT2D eigenvalue weighted by molar-refractivity contribution is 5.77. The third kappa shape index (κ3) is 5.14. The van der Waals surface area contributed by atoms with Crippen LogP contribution in [0, 0.1) is 13.8 Å². The highest BCUT2D eigenvalue weighted by Gasteiger charge is 2.17. The fourth-order valence-electron chi connectivity index (χ4n) is 2.74. The summed E-state index contributed by atoms with van der Waals surface area (Å²) in [5.41, 5.74) is 2.99. The van der Waals surface area contributed by atoms with Gasteiger partial charge in [0.1, 0.15) is 17.3 Å². The van der Waals surface area contributed by atoms with Gasteiger partial charge in [-0.15, -0.1) is 0 Å². The van der Waals surface area contributed by atoms with Gasteiger partial charge in [0.15, 0.2) is 6.61 Å². The number of carbonyl (C=O) groups is 1. The molecule has 1 N–H and O–H groups in total. The zero-order chi connectivity index (χ0) is 19.2. The third-order valence-electron chi connectivity index (χ3n) is 4.28. The number of furan rings is 1. The van der Waals surface area contributed by atoms with E-state index in [2.05, 4.69) is 0 Å². The molecule has 0 atom stereocenters. The Hall–Kier alpha value is -3.21. The largest absolute Gasteiger partial charge is 0.508 e. The van der Waals surface area contributed by atoms with Gasteiger partial charge in [-0.05, 0) is 60.9 Å². The van der Waals surface area contributed by atoms with Gasteiger partial charge >= 0.3 is 0 Å². The van der Waals surface area contributed by atoms with Crippen LogP contribution >= 0.6 is 0 Å². The van der Waals surface area contributed by atoms with Gasteiger partial charge in [0, 0.05) is 6.54 Å². The smallest absolute Gasteiger partial charge is 0.261 e. The summed E-state index contributed by atoms with van der Waals surface area (Å²) in [5, 5.41) is 9.45. The van der Waals surface area contributed by atoms with Crippen molar-refractivity contribution >= 4 is 5.91 Å². The van der Waals surface area contributed by atoms with Crippen LogP contribution in [-0.4, -0.2) is 22.5 Å². The van der Waals surface area contributed by atoms with Gasteiger partial charge in [-0.2, -0.15) is 0 Å². The number of aromatic hydroxyl groups is 1.